The van der Waals surface area contributed by atoms with Crippen molar-refractivity contribution >= 4 is 39.1 Å². The molecule has 0 bridgehead atoms. The van der Waals surface area contributed by atoms with E-state index in [1.165, 1.54) is 0 Å². The zero-order chi connectivity index (χ0) is 11.4. The van der Waals surface area contributed by atoms with Crippen LogP contribution in [0.3, 0.4) is 0 Å². The van der Waals surface area contributed by atoms with Crippen LogP contribution < -0.4 is 0 Å². The van der Waals surface area contributed by atoms with Crippen LogP contribution in [0.15, 0.2) is 22.7 Å². The van der Waals surface area contributed by atoms with Gasteiger partial charge in [0.05, 0.1) is 11.1 Å². The van der Waals surface area contributed by atoms with Crippen LogP contribution in [0, 0.1) is 0 Å². The summed E-state index contributed by atoms with van der Waals surface area (Å²) in [4.78, 5) is 0. The van der Waals surface area contributed by atoms with Gasteiger partial charge in [0.1, 0.15) is 6.10 Å². The zero-order valence-corrected chi connectivity index (χ0v) is 10.9. The molecule has 15 heavy (non-hydrogen) atoms. The van der Waals surface area contributed by atoms with Crippen molar-refractivity contribution in [1.29, 1.82) is 0 Å². The third-order valence-corrected chi connectivity index (χ3v) is 3.49. The van der Waals surface area contributed by atoms with Crippen LogP contribution in [-0.4, -0.2) is 22.2 Å². The van der Waals surface area contributed by atoms with Gasteiger partial charge in [-0.2, -0.15) is 0 Å². The van der Waals surface area contributed by atoms with E-state index in [0.717, 1.165) is 0 Å². The molecule has 0 fully saturated rings. The van der Waals surface area contributed by atoms with E-state index >= 15 is 0 Å². The van der Waals surface area contributed by atoms with Crippen LogP contribution in [-0.2, 0) is 0 Å². The van der Waals surface area contributed by atoms with Crippen LogP contribution in [0.25, 0.3) is 0 Å². The Morgan fingerprint density at radius 1 is 1.33 bits per heavy atom. The Bertz CT molecular complexity index is 333. The van der Waals surface area contributed by atoms with Crippen LogP contribution in [0.2, 0.25) is 5.02 Å². The Kier molecular flexibility index (Phi) is 5.36. The summed E-state index contributed by atoms with van der Waals surface area (Å²) in [6.45, 7) is 0. The fourth-order valence-electron chi connectivity index (χ4n) is 1.19. The maximum Gasteiger partial charge on any atom is 0.105 e. The molecule has 0 aliphatic carbocycles. The Hall–Kier alpha value is 0.200. The molecule has 0 saturated carbocycles. The first-order valence-electron chi connectivity index (χ1n) is 4.43. The summed E-state index contributed by atoms with van der Waals surface area (Å²) in [5, 5.41) is 19.9. The Morgan fingerprint density at radius 2 is 2.00 bits per heavy atom. The lowest BCUT2D eigenvalue weighted by Gasteiger charge is -2.17. The minimum Gasteiger partial charge on any atom is -0.390 e. The molecule has 0 heterocycles. The number of hydrogen-bond donors (Lipinski definition) is 2. The largest absolute Gasteiger partial charge is 0.390 e. The quantitative estimate of drug-likeness (QED) is 0.838. The SMILES string of the molecule is OC(CCCl)C(O)c1ccc(Cl)c(Br)c1. The normalized spacial score (nSPS) is 15.0. The van der Waals surface area contributed by atoms with Gasteiger partial charge in [-0.25, -0.2) is 0 Å². The maximum atomic E-state index is 9.76. The first-order chi connectivity index (χ1) is 7.06. The molecular weight excluding hydrogens is 303 g/mol. The maximum absolute atomic E-state index is 9.76. The van der Waals surface area contributed by atoms with Crippen molar-refractivity contribution in [1.82, 2.24) is 0 Å². The third kappa shape index (κ3) is 3.61. The van der Waals surface area contributed by atoms with Gasteiger partial charge in [-0.05, 0) is 40.0 Å². The van der Waals surface area contributed by atoms with Gasteiger partial charge in [-0.15, -0.1) is 11.6 Å². The van der Waals surface area contributed by atoms with Gasteiger partial charge in [0.15, 0.2) is 0 Å². The lowest BCUT2D eigenvalue weighted by molar-refractivity contribution is 0.0170. The lowest BCUT2D eigenvalue weighted by atomic mass is 10.0. The molecule has 84 valence electrons. The highest BCUT2D eigenvalue weighted by Gasteiger charge is 2.18. The predicted molar refractivity (Wildman–Crippen MR) is 65.5 cm³/mol. The topological polar surface area (TPSA) is 40.5 Å². The zero-order valence-electron chi connectivity index (χ0n) is 7.83. The molecule has 0 amide bonds. The van der Waals surface area contributed by atoms with Crippen molar-refractivity contribution in [2.75, 3.05) is 5.88 Å². The number of alkyl halides is 1. The minimum absolute atomic E-state index is 0.312. The number of aliphatic hydroxyl groups is 2. The molecule has 2 atom stereocenters. The van der Waals surface area contributed by atoms with E-state index < -0.39 is 12.2 Å². The molecule has 0 radical (unpaired) electrons. The summed E-state index contributed by atoms with van der Waals surface area (Å²) in [5.74, 6) is 0.312. The lowest BCUT2D eigenvalue weighted by Crippen LogP contribution is -2.18. The van der Waals surface area contributed by atoms with Gasteiger partial charge in [0.25, 0.3) is 0 Å². The Balaban J connectivity index is 2.81. The summed E-state index contributed by atoms with van der Waals surface area (Å²) >= 11 is 14.5. The predicted octanol–water partition coefficient (Wildman–Crippen LogP) is 3.13. The van der Waals surface area contributed by atoms with Crippen LogP contribution >= 0.6 is 39.1 Å². The molecule has 1 rings (SSSR count). The van der Waals surface area contributed by atoms with E-state index in [-0.39, 0.29) is 0 Å². The molecule has 0 aliphatic rings. The molecule has 1 aromatic rings. The fourth-order valence-corrected chi connectivity index (χ4v) is 1.93. The minimum atomic E-state index is -0.933. The summed E-state index contributed by atoms with van der Waals surface area (Å²) in [5.41, 5.74) is 0.615. The second-order valence-electron chi connectivity index (χ2n) is 3.16. The van der Waals surface area contributed by atoms with Gasteiger partial charge in [-0.1, -0.05) is 17.7 Å². The summed E-state index contributed by atoms with van der Waals surface area (Å²) < 4.78 is 0.693. The van der Waals surface area contributed by atoms with Crippen molar-refractivity contribution in [2.45, 2.75) is 18.6 Å². The molecular formula is C10H11BrCl2O2. The first-order valence-corrected chi connectivity index (χ1v) is 6.14. The van der Waals surface area contributed by atoms with Crippen LogP contribution in [0.4, 0.5) is 0 Å². The second-order valence-corrected chi connectivity index (χ2v) is 4.80. The van der Waals surface area contributed by atoms with Crippen molar-refractivity contribution in [2.24, 2.45) is 0 Å². The van der Waals surface area contributed by atoms with Crippen molar-refractivity contribution in [3.05, 3.63) is 33.3 Å². The van der Waals surface area contributed by atoms with E-state index in [4.69, 9.17) is 23.2 Å². The highest BCUT2D eigenvalue weighted by atomic mass is 79.9. The molecule has 0 aliphatic heterocycles. The third-order valence-electron chi connectivity index (χ3n) is 2.05. The Morgan fingerprint density at radius 3 is 2.53 bits per heavy atom. The highest BCUT2D eigenvalue weighted by molar-refractivity contribution is 9.10. The standard InChI is InChI=1S/C10H11BrCl2O2/c11-7-5-6(1-2-8(7)13)10(15)9(14)3-4-12/h1-2,5,9-10,14-15H,3-4H2. The molecule has 5 heteroatoms. The van der Waals surface area contributed by atoms with Gasteiger partial charge in [0, 0.05) is 10.4 Å². The van der Waals surface area contributed by atoms with Gasteiger partial charge < -0.3 is 10.2 Å². The molecule has 0 aromatic heterocycles. The first kappa shape index (κ1) is 13.3. The molecule has 2 unspecified atom stereocenters. The molecule has 2 nitrogen and oxygen atoms in total. The number of halogens is 3. The molecule has 0 spiro atoms. The fraction of sp³-hybridized carbons (Fsp3) is 0.400. The second kappa shape index (κ2) is 6.06. The van der Waals surface area contributed by atoms with E-state index in [1.807, 2.05) is 0 Å². The van der Waals surface area contributed by atoms with Gasteiger partial charge in [0.2, 0.25) is 0 Å². The van der Waals surface area contributed by atoms with E-state index in [0.29, 0.717) is 27.4 Å². The van der Waals surface area contributed by atoms with E-state index in [2.05, 4.69) is 15.9 Å². The van der Waals surface area contributed by atoms with Gasteiger partial charge in [-0.3, -0.25) is 0 Å². The van der Waals surface area contributed by atoms with Crippen molar-refractivity contribution in [3.63, 3.8) is 0 Å². The molecule has 2 N–H and O–H groups in total. The number of rotatable bonds is 4. The summed E-state index contributed by atoms with van der Waals surface area (Å²) in [7, 11) is 0. The van der Waals surface area contributed by atoms with Crippen LogP contribution in [0.5, 0.6) is 0 Å². The summed E-state index contributed by atoms with van der Waals surface area (Å²) in [6.07, 6.45) is -1.43. The smallest absolute Gasteiger partial charge is 0.105 e. The average Bonchev–Trinajstić information content (AvgIpc) is 2.21. The van der Waals surface area contributed by atoms with E-state index in [9.17, 15) is 10.2 Å². The monoisotopic (exact) mass is 312 g/mol. The average molecular weight is 314 g/mol. The highest BCUT2D eigenvalue weighted by Crippen LogP contribution is 2.27. The van der Waals surface area contributed by atoms with E-state index in [1.54, 1.807) is 18.2 Å². The summed E-state index contributed by atoms with van der Waals surface area (Å²) in [6, 6.07) is 5.03. The van der Waals surface area contributed by atoms with Gasteiger partial charge >= 0.3 is 0 Å². The van der Waals surface area contributed by atoms with Crippen molar-refractivity contribution < 1.29 is 10.2 Å². The number of hydrogen-bond acceptors (Lipinski definition) is 2. The number of benzene rings is 1. The number of aliphatic hydroxyl groups excluding tert-OH is 2. The van der Waals surface area contributed by atoms with Crippen molar-refractivity contribution in [3.8, 4) is 0 Å². The molecule has 1 aromatic carbocycles. The van der Waals surface area contributed by atoms with Crippen LogP contribution in [0.1, 0.15) is 18.1 Å². The Labute approximate surface area is 107 Å². The molecule has 0 saturated heterocycles.